The van der Waals surface area contributed by atoms with Gasteiger partial charge in [0.05, 0.1) is 16.3 Å². The molecule has 0 spiro atoms. The Kier molecular flexibility index (Phi) is 6.85. The number of benzene rings is 2. The maximum atomic E-state index is 12.7. The Balaban J connectivity index is 1.86. The van der Waals surface area contributed by atoms with Crippen LogP contribution in [0.1, 0.15) is 32.7 Å². The van der Waals surface area contributed by atoms with E-state index in [1.807, 2.05) is 32.0 Å². The number of aromatic carboxylic acids is 1. The fourth-order valence-corrected chi connectivity index (χ4v) is 3.78. The quantitative estimate of drug-likeness (QED) is 0.536. The van der Waals surface area contributed by atoms with E-state index in [4.69, 9.17) is 33.0 Å². The number of para-hydroxylation sites is 1. The molecule has 2 aromatic carbocycles. The summed E-state index contributed by atoms with van der Waals surface area (Å²) in [5.41, 5.74) is 3.29. The third-order valence-corrected chi connectivity index (χ3v) is 5.49. The minimum absolute atomic E-state index is 0.0389. The molecule has 0 aliphatic heterocycles. The monoisotopic (exact) mass is 445 g/mol. The van der Waals surface area contributed by atoms with Crippen molar-refractivity contribution < 1.29 is 14.6 Å². The van der Waals surface area contributed by atoms with Crippen LogP contribution >= 0.6 is 23.2 Å². The lowest BCUT2D eigenvalue weighted by atomic mass is 10.1. The zero-order chi connectivity index (χ0) is 21.8. The Bertz CT molecular complexity index is 1120. The van der Waals surface area contributed by atoms with Crippen LogP contribution in [0.4, 0.5) is 0 Å². The summed E-state index contributed by atoms with van der Waals surface area (Å²) in [6.45, 7) is 4.37. The molecule has 0 saturated heterocycles. The first kappa shape index (κ1) is 21.9. The Hall–Kier alpha value is -2.76. The van der Waals surface area contributed by atoms with Crippen LogP contribution in [0.5, 0.6) is 5.75 Å². The summed E-state index contributed by atoms with van der Waals surface area (Å²) in [4.78, 5) is 23.7. The highest BCUT2D eigenvalue weighted by Gasteiger charge is 2.15. The molecule has 3 rings (SSSR count). The van der Waals surface area contributed by atoms with E-state index in [0.717, 1.165) is 22.4 Å². The molecule has 1 aromatic heterocycles. The predicted molar refractivity (Wildman–Crippen MR) is 118 cm³/mol. The van der Waals surface area contributed by atoms with Crippen LogP contribution in [0.25, 0.3) is 0 Å². The number of hydrogen-bond donors (Lipinski definition) is 1. The van der Waals surface area contributed by atoms with Crippen molar-refractivity contribution in [3.05, 3.63) is 96.9 Å². The average molecular weight is 446 g/mol. The fraction of sp³-hybridized carbons (Fsp3) is 0.217. The van der Waals surface area contributed by atoms with Crippen molar-refractivity contribution >= 4 is 29.2 Å². The van der Waals surface area contributed by atoms with Crippen LogP contribution in [0.3, 0.4) is 0 Å². The number of ether oxygens (including phenoxy) is 1. The molecule has 0 saturated carbocycles. The molecule has 5 nitrogen and oxygen atoms in total. The van der Waals surface area contributed by atoms with Gasteiger partial charge in [0.2, 0.25) is 0 Å². The van der Waals surface area contributed by atoms with Gasteiger partial charge in [0.15, 0.2) is 0 Å². The first-order valence-corrected chi connectivity index (χ1v) is 10.1. The second kappa shape index (κ2) is 9.37. The summed E-state index contributed by atoms with van der Waals surface area (Å²) < 4.78 is 7.53. The van der Waals surface area contributed by atoms with Gasteiger partial charge < -0.3 is 14.4 Å². The fourth-order valence-electron chi connectivity index (χ4n) is 3.24. The van der Waals surface area contributed by atoms with E-state index in [0.29, 0.717) is 23.7 Å². The van der Waals surface area contributed by atoms with Gasteiger partial charge >= 0.3 is 5.97 Å². The Labute approximate surface area is 184 Å². The van der Waals surface area contributed by atoms with Gasteiger partial charge in [-0.25, -0.2) is 4.79 Å². The van der Waals surface area contributed by atoms with Crippen molar-refractivity contribution in [3.63, 3.8) is 0 Å². The van der Waals surface area contributed by atoms with Crippen molar-refractivity contribution in [2.45, 2.75) is 33.4 Å². The lowest BCUT2D eigenvalue weighted by Gasteiger charge is -2.18. The van der Waals surface area contributed by atoms with Crippen molar-refractivity contribution in [1.29, 1.82) is 0 Å². The number of carboxylic acids is 1. The van der Waals surface area contributed by atoms with Gasteiger partial charge in [-0.2, -0.15) is 0 Å². The Morgan fingerprint density at radius 2 is 1.67 bits per heavy atom. The molecule has 0 atom stereocenters. The molecule has 3 aromatic rings. The molecule has 1 N–H and O–H groups in total. The van der Waals surface area contributed by atoms with E-state index in [1.165, 1.54) is 22.8 Å². The third kappa shape index (κ3) is 4.86. The van der Waals surface area contributed by atoms with Gasteiger partial charge in [-0.1, -0.05) is 53.5 Å². The standard InChI is InChI=1S/C23H21Cl2NO4/c1-14-4-3-5-15(2)21(14)30-13-20-18(24)12-19(25)22(27)26(20)11-10-16-6-8-17(9-7-16)23(28)29/h3-9,12H,10-11,13H2,1-2H3,(H,28,29). The molecule has 0 aliphatic carbocycles. The number of aromatic nitrogens is 1. The highest BCUT2D eigenvalue weighted by atomic mass is 35.5. The van der Waals surface area contributed by atoms with Crippen LogP contribution < -0.4 is 10.3 Å². The van der Waals surface area contributed by atoms with E-state index < -0.39 is 5.97 Å². The molecule has 0 bridgehead atoms. The second-order valence-electron chi connectivity index (χ2n) is 7.01. The molecule has 0 radical (unpaired) electrons. The van der Waals surface area contributed by atoms with Gasteiger partial charge in [-0.15, -0.1) is 0 Å². The van der Waals surface area contributed by atoms with Crippen LogP contribution in [-0.2, 0) is 19.6 Å². The number of hydrogen-bond acceptors (Lipinski definition) is 3. The van der Waals surface area contributed by atoms with Crippen molar-refractivity contribution in [1.82, 2.24) is 4.57 Å². The van der Waals surface area contributed by atoms with E-state index >= 15 is 0 Å². The van der Waals surface area contributed by atoms with Crippen molar-refractivity contribution in [2.75, 3.05) is 0 Å². The molecule has 0 fully saturated rings. The number of aryl methyl sites for hydroxylation is 3. The van der Waals surface area contributed by atoms with Crippen LogP contribution in [0.2, 0.25) is 10.0 Å². The minimum Gasteiger partial charge on any atom is -0.487 e. The first-order chi connectivity index (χ1) is 14.3. The van der Waals surface area contributed by atoms with Gasteiger partial charge in [-0.3, -0.25) is 4.79 Å². The summed E-state index contributed by atoms with van der Waals surface area (Å²) in [7, 11) is 0. The molecule has 0 unspecified atom stereocenters. The Morgan fingerprint density at radius 3 is 2.27 bits per heavy atom. The predicted octanol–water partition coefficient (Wildman–Crippen LogP) is 5.29. The normalized spacial score (nSPS) is 10.8. The van der Waals surface area contributed by atoms with Crippen molar-refractivity contribution in [2.24, 2.45) is 0 Å². The van der Waals surface area contributed by atoms with E-state index in [2.05, 4.69) is 0 Å². The molecular formula is C23H21Cl2NO4. The summed E-state index contributed by atoms with van der Waals surface area (Å²) in [6, 6.07) is 13.8. The van der Waals surface area contributed by atoms with Crippen LogP contribution in [0, 0.1) is 13.8 Å². The maximum absolute atomic E-state index is 12.7. The number of carbonyl (C=O) groups is 1. The zero-order valence-corrected chi connectivity index (χ0v) is 18.1. The maximum Gasteiger partial charge on any atom is 0.335 e. The van der Waals surface area contributed by atoms with Gasteiger partial charge in [0.1, 0.15) is 17.4 Å². The highest BCUT2D eigenvalue weighted by molar-refractivity contribution is 6.34. The summed E-state index contributed by atoms with van der Waals surface area (Å²) in [6.07, 6.45) is 0.507. The van der Waals surface area contributed by atoms with Gasteiger partial charge in [-0.05, 0) is 55.2 Å². The number of carboxylic acid groups (broad SMARTS) is 1. The number of nitrogens with zero attached hydrogens (tertiary/aromatic N) is 1. The summed E-state index contributed by atoms with van der Waals surface area (Å²) in [5.74, 6) is -0.225. The zero-order valence-electron chi connectivity index (χ0n) is 16.6. The lowest BCUT2D eigenvalue weighted by Crippen LogP contribution is -2.26. The largest absolute Gasteiger partial charge is 0.487 e. The summed E-state index contributed by atoms with van der Waals surface area (Å²) in [5, 5.41) is 9.41. The number of pyridine rings is 1. The number of halogens is 2. The lowest BCUT2D eigenvalue weighted by molar-refractivity contribution is 0.0697. The molecule has 0 amide bonds. The van der Waals surface area contributed by atoms with E-state index in [-0.39, 0.29) is 22.8 Å². The highest BCUT2D eigenvalue weighted by Crippen LogP contribution is 2.26. The smallest absolute Gasteiger partial charge is 0.335 e. The SMILES string of the molecule is Cc1cccc(C)c1OCc1c(Cl)cc(Cl)c(=O)n1CCc1ccc(C(=O)O)cc1. The molecule has 0 aliphatic rings. The van der Waals surface area contributed by atoms with E-state index in [1.54, 1.807) is 12.1 Å². The molecule has 7 heteroatoms. The third-order valence-electron chi connectivity index (χ3n) is 4.89. The van der Waals surface area contributed by atoms with Gasteiger partial charge in [0, 0.05) is 6.54 Å². The number of rotatable bonds is 7. The molecule has 156 valence electrons. The average Bonchev–Trinajstić information content (AvgIpc) is 2.70. The summed E-state index contributed by atoms with van der Waals surface area (Å²) >= 11 is 12.5. The topological polar surface area (TPSA) is 68.5 Å². The van der Waals surface area contributed by atoms with E-state index in [9.17, 15) is 9.59 Å². The Morgan fingerprint density at radius 1 is 1.03 bits per heavy atom. The van der Waals surface area contributed by atoms with Crippen LogP contribution in [-0.4, -0.2) is 15.6 Å². The first-order valence-electron chi connectivity index (χ1n) is 9.37. The molecule has 1 heterocycles. The minimum atomic E-state index is -0.981. The second-order valence-corrected chi connectivity index (χ2v) is 7.82. The molecular weight excluding hydrogens is 425 g/mol. The van der Waals surface area contributed by atoms with Crippen molar-refractivity contribution in [3.8, 4) is 5.75 Å². The van der Waals surface area contributed by atoms with Gasteiger partial charge in [0.25, 0.3) is 5.56 Å². The van der Waals surface area contributed by atoms with Crippen LogP contribution in [0.15, 0.2) is 53.3 Å². The molecule has 30 heavy (non-hydrogen) atoms.